The Kier molecular flexibility index (Phi) is 5.46. The van der Waals surface area contributed by atoms with Gasteiger partial charge in [0.1, 0.15) is 0 Å². The summed E-state index contributed by atoms with van der Waals surface area (Å²) in [5, 5.41) is 0. The van der Waals surface area contributed by atoms with Crippen molar-refractivity contribution < 1.29 is 0 Å². The summed E-state index contributed by atoms with van der Waals surface area (Å²) in [7, 11) is 0. The summed E-state index contributed by atoms with van der Waals surface area (Å²) < 4.78 is 0. The van der Waals surface area contributed by atoms with Gasteiger partial charge in [0.25, 0.3) is 0 Å². The Morgan fingerprint density at radius 2 is 1.03 bits per heavy atom. The third-order valence-electron chi connectivity index (χ3n) is 5.42. The maximum Gasteiger partial charge on any atom is 0.0702 e. The number of aryl methyl sites for hydroxylation is 1. The van der Waals surface area contributed by atoms with Gasteiger partial charge in [0.15, 0.2) is 0 Å². The van der Waals surface area contributed by atoms with Gasteiger partial charge in [-0.15, -0.1) is 0 Å². The first-order valence-electron chi connectivity index (χ1n) is 10.7. The Morgan fingerprint density at radius 1 is 0.500 bits per heavy atom. The molecule has 5 aromatic rings. The van der Waals surface area contributed by atoms with Crippen LogP contribution in [-0.2, 0) is 0 Å². The zero-order valence-corrected chi connectivity index (χ0v) is 17.9. The highest BCUT2D eigenvalue weighted by Gasteiger charge is 2.14. The largest absolute Gasteiger partial charge is 0.310 e. The monoisotopic (exact) mass is 413 g/mol. The van der Waals surface area contributed by atoms with Gasteiger partial charge < -0.3 is 4.90 Å². The molecule has 0 N–H and O–H groups in total. The van der Waals surface area contributed by atoms with Gasteiger partial charge in [0.05, 0.1) is 11.4 Å². The normalized spacial score (nSPS) is 10.7. The van der Waals surface area contributed by atoms with Crippen LogP contribution in [0.1, 0.15) is 5.56 Å². The van der Waals surface area contributed by atoms with Crippen LogP contribution in [0.2, 0.25) is 0 Å². The first-order chi connectivity index (χ1) is 15.8. The minimum absolute atomic E-state index is 0.959. The van der Waals surface area contributed by atoms with Crippen molar-refractivity contribution in [1.29, 1.82) is 0 Å². The van der Waals surface area contributed by atoms with E-state index in [9.17, 15) is 0 Å². The average molecular weight is 414 g/mol. The van der Waals surface area contributed by atoms with Crippen molar-refractivity contribution in [3.8, 4) is 22.5 Å². The number of nitrogens with zero attached hydrogens (tertiary/aromatic N) is 3. The van der Waals surface area contributed by atoms with Crippen LogP contribution >= 0.6 is 0 Å². The highest BCUT2D eigenvalue weighted by Crippen LogP contribution is 2.37. The van der Waals surface area contributed by atoms with E-state index in [1.807, 2.05) is 48.8 Å². The summed E-state index contributed by atoms with van der Waals surface area (Å²) in [4.78, 5) is 11.3. The first kappa shape index (κ1) is 19.7. The molecule has 3 nitrogen and oxygen atoms in total. The van der Waals surface area contributed by atoms with Crippen LogP contribution in [0.15, 0.2) is 122 Å². The molecule has 0 aliphatic rings. The maximum atomic E-state index is 4.53. The number of benzene rings is 3. The summed E-state index contributed by atoms with van der Waals surface area (Å²) in [6.07, 6.45) is 3.66. The minimum Gasteiger partial charge on any atom is -0.310 e. The molecule has 0 saturated carbocycles. The summed E-state index contributed by atoms with van der Waals surface area (Å²) in [6, 6.07) is 37.6. The Labute approximate surface area is 188 Å². The molecular formula is C29H23N3. The van der Waals surface area contributed by atoms with Gasteiger partial charge in [-0.2, -0.15) is 0 Å². The molecule has 3 heteroatoms. The van der Waals surface area contributed by atoms with Crippen LogP contribution < -0.4 is 4.90 Å². The molecule has 0 amide bonds. The molecule has 0 spiro atoms. The summed E-state index contributed by atoms with van der Waals surface area (Å²) in [5.74, 6) is 0. The van der Waals surface area contributed by atoms with Crippen molar-refractivity contribution in [3.63, 3.8) is 0 Å². The molecule has 3 aromatic carbocycles. The van der Waals surface area contributed by atoms with Crippen LogP contribution in [0, 0.1) is 6.92 Å². The third kappa shape index (κ3) is 4.14. The van der Waals surface area contributed by atoms with Crippen LogP contribution in [-0.4, -0.2) is 9.97 Å². The molecule has 2 heterocycles. The van der Waals surface area contributed by atoms with E-state index in [0.717, 1.165) is 39.6 Å². The van der Waals surface area contributed by atoms with E-state index >= 15 is 0 Å². The van der Waals surface area contributed by atoms with Crippen LogP contribution in [0.4, 0.5) is 17.1 Å². The van der Waals surface area contributed by atoms with E-state index in [1.54, 1.807) is 0 Å². The maximum absolute atomic E-state index is 4.53. The molecule has 0 saturated heterocycles. The summed E-state index contributed by atoms with van der Waals surface area (Å²) in [5.41, 5.74) is 8.58. The molecular weight excluding hydrogens is 390 g/mol. The summed E-state index contributed by atoms with van der Waals surface area (Å²) >= 11 is 0. The van der Waals surface area contributed by atoms with Gasteiger partial charge in [-0.3, -0.25) is 9.97 Å². The number of pyridine rings is 2. The fraction of sp³-hybridized carbons (Fsp3) is 0.0345. The lowest BCUT2D eigenvalue weighted by Crippen LogP contribution is -2.10. The van der Waals surface area contributed by atoms with Gasteiger partial charge in [-0.05, 0) is 67.6 Å². The number of rotatable bonds is 5. The average Bonchev–Trinajstić information content (AvgIpc) is 2.87. The second kappa shape index (κ2) is 8.86. The Bertz CT molecular complexity index is 1230. The SMILES string of the molecule is Cc1ccc(N(c2cccc(-c3ccccn3)c2)c2cccc(-c3ccccn3)c2)cc1. The van der Waals surface area contributed by atoms with Crippen LogP contribution in [0.5, 0.6) is 0 Å². The molecule has 154 valence electrons. The van der Waals surface area contributed by atoms with E-state index in [4.69, 9.17) is 0 Å². The lowest BCUT2D eigenvalue weighted by atomic mass is 10.1. The lowest BCUT2D eigenvalue weighted by Gasteiger charge is -2.26. The highest BCUT2D eigenvalue weighted by atomic mass is 15.1. The van der Waals surface area contributed by atoms with Crippen molar-refractivity contribution in [1.82, 2.24) is 9.97 Å². The zero-order valence-electron chi connectivity index (χ0n) is 17.9. The van der Waals surface area contributed by atoms with Crippen molar-refractivity contribution in [3.05, 3.63) is 127 Å². The number of aromatic nitrogens is 2. The zero-order chi connectivity index (χ0) is 21.8. The Balaban J connectivity index is 1.64. The van der Waals surface area contributed by atoms with E-state index < -0.39 is 0 Å². The minimum atomic E-state index is 0.959. The molecule has 32 heavy (non-hydrogen) atoms. The molecule has 0 bridgehead atoms. The highest BCUT2D eigenvalue weighted by molar-refractivity contribution is 5.81. The van der Waals surface area contributed by atoms with E-state index in [-0.39, 0.29) is 0 Å². The fourth-order valence-electron chi connectivity index (χ4n) is 3.82. The smallest absolute Gasteiger partial charge is 0.0702 e. The molecule has 0 atom stereocenters. The molecule has 0 aliphatic heterocycles. The standard InChI is InChI=1S/C29H23N3/c1-22-14-16-25(17-15-22)32(26-10-6-8-23(20-26)28-12-2-4-18-30-28)27-11-7-9-24(21-27)29-13-3-5-19-31-29/h2-21H,1H3. The molecule has 2 aromatic heterocycles. The van der Waals surface area contributed by atoms with Gasteiger partial charge in [0, 0.05) is 40.6 Å². The quantitative estimate of drug-likeness (QED) is 0.297. The first-order valence-corrected chi connectivity index (χ1v) is 10.7. The third-order valence-corrected chi connectivity index (χ3v) is 5.42. The second-order valence-electron chi connectivity index (χ2n) is 7.70. The predicted molar refractivity (Wildman–Crippen MR) is 132 cm³/mol. The van der Waals surface area contributed by atoms with Crippen molar-refractivity contribution >= 4 is 17.1 Å². The number of hydrogen-bond donors (Lipinski definition) is 0. The van der Waals surface area contributed by atoms with Gasteiger partial charge in [-0.25, -0.2) is 0 Å². The Morgan fingerprint density at radius 3 is 1.50 bits per heavy atom. The van der Waals surface area contributed by atoms with E-state index in [1.165, 1.54) is 5.56 Å². The molecule has 0 unspecified atom stereocenters. The number of anilines is 3. The van der Waals surface area contributed by atoms with E-state index in [2.05, 4.69) is 94.6 Å². The summed E-state index contributed by atoms with van der Waals surface area (Å²) in [6.45, 7) is 2.11. The van der Waals surface area contributed by atoms with Crippen LogP contribution in [0.3, 0.4) is 0 Å². The number of hydrogen-bond acceptors (Lipinski definition) is 3. The molecule has 0 aliphatic carbocycles. The molecule has 5 rings (SSSR count). The van der Waals surface area contributed by atoms with Crippen molar-refractivity contribution in [2.24, 2.45) is 0 Å². The fourth-order valence-corrected chi connectivity index (χ4v) is 3.82. The van der Waals surface area contributed by atoms with Gasteiger partial charge in [-0.1, -0.05) is 54.1 Å². The van der Waals surface area contributed by atoms with Crippen LogP contribution in [0.25, 0.3) is 22.5 Å². The Hall–Kier alpha value is -4.24. The second-order valence-corrected chi connectivity index (χ2v) is 7.70. The molecule has 0 fully saturated rings. The van der Waals surface area contributed by atoms with E-state index in [0.29, 0.717) is 0 Å². The van der Waals surface area contributed by atoms with Crippen molar-refractivity contribution in [2.75, 3.05) is 4.90 Å². The van der Waals surface area contributed by atoms with Gasteiger partial charge in [0.2, 0.25) is 0 Å². The topological polar surface area (TPSA) is 29.0 Å². The van der Waals surface area contributed by atoms with Crippen molar-refractivity contribution in [2.45, 2.75) is 6.92 Å². The predicted octanol–water partition coefficient (Wildman–Crippen LogP) is 7.59. The lowest BCUT2D eigenvalue weighted by molar-refractivity contribution is 1.26. The van der Waals surface area contributed by atoms with Gasteiger partial charge >= 0.3 is 0 Å². The molecule has 0 radical (unpaired) electrons.